The number of nitrogens with one attached hydrogen (secondary N) is 1. The van der Waals surface area contributed by atoms with Crippen molar-refractivity contribution in [3.05, 3.63) is 35.9 Å². The minimum atomic E-state index is -0.658. The number of nitrogens with zero attached hydrogens (tertiary/aromatic N) is 1. The van der Waals surface area contributed by atoms with Gasteiger partial charge in [-0.1, -0.05) is 30.3 Å². The van der Waals surface area contributed by atoms with E-state index in [1.54, 1.807) is 6.92 Å². The van der Waals surface area contributed by atoms with Crippen molar-refractivity contribution >= 4 is 5.91 Å². The molecular formula is C15H20N2O2. The van der Waals surface area contributed by atoms with E-state index in [0.29, 0.717) is 25.8 Å². The van der Waals surface area contributed by atoms with Crippen molar-refractivity contribution < 1.29 is 9.90 Å². The Morgan fingerprint density at radius 2 is 2.11 bits per heavy atom. The van der Waals surface area contributed by atoms with Gasteiger partial charge in [-0.3, -0.25) is 4.79 Å². The second-order valence-electron chi connectivity index (χ2n) is 4.65. The zero-order chi connectivity index (χ0) is 14.1. The highest BCUT2D eigenvalue weighted by Crippen LogP contribution is 2.08. The van der Waals surface area contributed by atoms with Crippen LogP contribution in [0.1, 0.15) is 25.3 Å². The third-order valence-electron chi connectivity index (χ3n) is 2.85. The molecule has 4 nitrogen and oxygen atoms in total. The Hall–Kier alpha value is -1.86. The minimum absolute atomic E-state index is 0.239. The third-order valence-corrected chi connectivity index (χ3v) is 2.85. The molecular weight excluding hydrogens is 240 g/mol. The zero-order valence-corrected chi connectivity index (χ0v) is 11.2. The van der Waals surface area contributed by atoms with E-state index in [-0.39, 0.29) is 12.0 Å². The van der Waals surface area contributed by atoms with Crippen LogP contribution in [0.2, 0.25) is 0 Å². The van der Waals surface area contributed by atoms with Gasteiger partial charge in [0.1, 0.15) is 5.92 Å². The second-order valence-corrected chi connectivity index (χ2v) is 4.65. The van der Waals surface area contributed by atoms with Crippen LogP contribution in [0.4, 0.5) is 0 Å². The molecule has 2 atom stereocenters. The Kier molecular flexibility index (Phi) is 6.62. The number of carbonyl (C=O) groups is 1. The maximum Gasteiger partial charge on any atom is 0.237 e. The van der Waals surface area contributed by atoms with Crippen molar-refractivity contribution in [3.8, 4) is 6.07 Å². The Labute approximate surface area is 114 Å². The van der Waals surface area contributed by atoms with E-state index in [1.807, 2.05) is 36.4 Å². The average Bonchev–Trinajstić information content (AvgIpc) is 2.41. The second kappa shape index (κ2) is 8.28. The summed E-state index contributed by atoms with van der Waals surface area (Å²) in [5.74, 6) is -0.897. The summed E-state index contributed by atoms with van der Waals surface area (Å²) in [5, 5.41) is 20.9. The summed E-state index contributed by atoms with van der Waals surface area (Å²) in [4.78, 5) is 11.8. The van der Waals surface area contributed by atoms with E-state index in [1.165, 1.54) is 0 Å². The first kappa shape index (κ1) is 15.2. The Morgan fingerprint density at radius 1 is 1.42 bits per heavy atom. The van der Waals surface area contributed by atoms with Crippen molar-refractivity contribution in [2.45, 2.75) is 32.3 Å². The number of benzene rings is 1. The number of rotatable bonds is 7. The zero-order valence-electron chi connectivity index (χ0n) is 11.2. The summed E-state index contributed by atoms with van der Waals surface area (Å²) < 4.78 is 0. The van der Waals surface area contributed by atoms with Gasteiger partial charge in [0.05, 0.1) is 12.2 Å². The van der Waals surface area contributed by atoms with Crippen LogP contribution in [0.15, 0.2) is 30.3 Å². The highest BCUT2D eigenvalue weighted by Gasteiger charge is 2.17. The predicted octanol–water partition coefficient (Wildman–Crippen LogP) is 1.65. The van der Waals surface area contributed by atoms with E-state index in [2.05, 4.69) is 5.32 Å². The largest absolute Gasteiger partial charge is 0.393 e. The van der Waals surface area contributed by atoms with Gasteiger partial charge in [0.25, 0.3) is 0 Å². The number of amides is 1. The van der Waals surface area contributed by atoms with Crippen LogP contribution >= 0.6 is 0 Å². The number of nitriles is 1. The van der Waals surface area contributed by atoms with Gasteiger partial charge < -0.3 is 10.4 Å². The molecule has 4 heteroatoms. The van der Waals surface area contributed by atoms with Gasteiger partial charge in [0, 0.05) is 6.54 Å². The first-order valence-electron chi connectivity index (χ1n) is 6.52. The predicted molar refractivity (Wildman–Crippen MR) is 73.2 cm³/mol. The monoisotopic (exact) mass is 260 g/mol. The summed E-state index contributed by atoms with van der Waals surface area (Å²) in [6.07, 6.45) is 1.44. The Morgan fingerprint density at radius 3 is 2.68 bits per heavy atom. The molecule has 0 aromatic heterocycles. The number of aliphatic hydroxyl groups excluding tert-OH is 1. The standard InChI is InChI=1S/C15H20N2O2/c1-12(18)6-5-9-17-15(19)14(11-16)10-13-7-3-2-4-8-13/h2-4,7-8,12,14,18H,5-6,9-10H2,1H3,(H,17,19). The number of hydrogen-bond donors (Lipinski definition) is 2. The maximum atomic E-state index is 11.8. The van der Waals surface area contributed by atoms with Crippen molar-refractivity contribution in [2.75, 3.05) is 6.54 Å². The summed E-state index contributed by atoms with van der Waals surface area (Å²) in [5.41, 5.74) is 0.980. The molecule has 1 aromatic rings. The van der Waals surface area contributed by atoms with E-state index in [4.69, 9.17) is 10.4 Å². The molecule has 102 valence electrons. The molecule has 2 N–H and O–H groups in total. The van der Waals surface area contributed by atoms with E-state index in [9.17, 15) is 4.79 Å². The summed E-state index contributed by atoms with van der Waals surface area (Å²) in [6.45, 7) is 2.21. The molecule has 0 saturated heterocycles. The quantitative estimate of drug-likeness (QED) is 0.732. The van der Waals surface area contributed by atoms with Crippen molar-refractivity contribution in [2.24, 2.45) is 5.92 Å². The molecule has 19 heavy (non-hydrogen) atoms. The van der Waals surface area contributed by atoms with Gasteiger partial charge in [-0.25, -0.2) is 0 Å². The molecule has 1 amide bonds. The van der Waals surface area contributed by atoms with E-state index < -0.39 is 5.92 Å². The molecule has 0 heterocycles. The molecule has 0 bridgehead atoms. The molecule has 0 fully saturated rings. The van der Waals surface area contributed by atoms with E-state index in [0.717, 1.165) is 5.56 Å². The van der Waals surface area contributed by atoms with Gasteiger partial charge >= 0.3 is 0 Å². The molecule has 0 aliphatic rings. The fourth-order valence-corrected chi connectivity index (χ4v) is 1.78. The lowest BCUT2D eigenvalue weighted by atomic mass is 10.00. The number of carbonyl (C=O) groups excluding carboxylic acids is 1. The number of aliphatic hydroxyl groups is 1. The lowest BCUT2D eigenvalue weighted by Crippen LogP contribution is -2.32. The molecule has 0 aliphatic heterocycles. The highest BCUT2D eigenvalue weighted by atomic mass is 16.3. The third kappa shape index (κ3) is 6.03. The molecule has 0 radical (unpaired) electrons. The highest BCUT2D eigenvalue weighted by molar-refractivity contribution is 5.81. The van der Waals surface area contributed by atoms with Crippen LogP contribution in [0, 0.1) is 17.2 Å². The van der Waals surface area contributed by atoms with Crippen LogP contribution in [0.3, 0.4) is 0 Å². The lowest BCUT2D eigenvalue weighted by Gasteiger charge is -2.10. The van der Waals surface area contributed by atoms with E-state index >= 15 is 0 Å². The van der Waals surface area contributed by atoms with Crippen LogP contribution < -0.4 is 5.32 Å². The first-order chi connectivity index (χ1) is 9.13. The molecule has 1 aromatic carbocycles. The smallest absolute Gasteiger partial charge is 0.237 e. The van der Waals surface area contributed by atoms with Crippen molar-refractivity contribution in [3.63, 3.8) is 0 Å². The Bertz CT molecular complexity index is 424. The van der Waals surface area contributed by atoms with Gasteiger partial charge in [0.15, 0.2) is 0 Å². The first-order valence-corrected chi connectivity index (χ1v) is 6.52. The van der Waals surface area contributed by atoms with Gasteiger partial charge in [-0.15, -0.1) is 0 Å². The van der Waals surface area contributed by atoms with Gasteiger partial charge in [-0.05, 0) is 31.7 Å². The van der Waals surface area contributed by atoms with Gasteiger partial charge in [0.2, 0.25) is 5.91 Å². The normalized spacial score (nSPS) is 13.3. The fourth-order valence-electron chi connectivity index (χ4n) is 1.78. The topological polar surface area (TPSA) is 73.1 Å². The Balaban J connectivity index is 2.38. The molecule has 1 rings (SSSR count). The minimum Gasteiger partial charge on any atom is -0.393 e. The molecule has 0 spiro atoms. The molecule has 0 saturated carbocycles. The SMILES string of the molecule is CC(O)CCCNC(=O)C(C#N)Cc1ccccc1. The fraction of sp³-hybridized carbons (Fsp3) is 0.467. The summed E-state index contributed by atoms with van der Waals surface area (Å²) >= 11 is 0. The van der Waals surface area contributed by atoms with Crippen LogP contribution in [0.5, 0.6) is 0 Å². The van der Waals surface area contributed by atoms with Gasteiger partial charge in [-0.2, -0.15) is 5.26 Å². The summed E-state index contributed by atoms with van der Waals surface area (Å²) in [6, 6.07) is 11.5. The van der Waals surface area contributed by atoms with Crippen LogP contribution in [-0.2, 0) is 11.2 Å². The van der Waals surface area contributed by atoms with Crippen LogP contribution in [-0.4, -0.2) is 23.7 Å². The summed E-state index contributed by atoms with van der Waals surface area (Å²) in [7, 11) is 0. The lowest BCUT2D eigenvalue weighted by molar-refractivity contribution is -0.123. The van der Waals surface area contributed by atoms with Crippen molar-refractivity contribution in [1.82, 2.24) is 5.32 Å². The average molecular weight is 260 g/mol. The maximum absolute atomic E-state index is 11.8. The molecule has 0 aliphatic carbocycles. The van der Waals surface area contributed by atoms with Crippen molar-refractivity contribution in [1.29, 1.82) is 5.26 Å². The number of hydrogen-bond acceptors (Lipinski definition) is 3. The van der Waals surface area contributed by atoms with Crippen LogP contribution in [0.25, 0.3) is 0 Å². The molecule has 2 unspecified atom stereocenters.